The number of hydrogen-bond donors (Lipinski definition) is 0. The average Bonchev–Trinajstić information content (AvgIpc) is 1.84. The van der Waals surface area contributed by atoms with Gasteiger partial charge >= 0.3 is 0 Å². The van der Waals surface area contributed by atoms with Crippen molar-refractivity contribution in [2.24, 2.45) is 20.0 Å². The van der Waals surface area contributed by atoms with E-state index in [0.29, 0.717) is 0 Å². The van der Waals surface area contributed by atoms with Crippen LogP contribution in [0.25, 0.3) is 30.4 Å². The van der Waals surface area contributed by atoms with E-state index >= 15 is 0 Å². The molecule has 0 saturated carbocycles. The van der Waals surface area contributed by atoms with E-state index in [1.807, 2.05) is 55.7 Å². The molecule has 18 rings (SSSR count). The van der Waals surface area contributed by atoms with Crippen LogP contribution in [0.5, 0.6) is 0 Å². The first-order valence-electron chi connectivity index (χ1n) is 42.2. The Balaban J connectivity index is 0.000000139. The summed E-state index contributed by atoms with van der Waals surface area (Å²) in [5, 5.41) is 0. The smallest absolute Gasteiger partial charge is 0.0847 e. The second kappa shape index (κ2) is 36.3. The van der Waals surface area contributed by atoms with E-state index in [1.54, 1.807) is 0 Å². The number of nitrogens with zero attached hydrogens (tertiary/aromatic N) is 12. The molecule has 7 aromatic heterocycles. The maximum Gasteiger partial charge on any atom is 0.0847 e. The Morgan fingerprint density at radius 1 is 0.214 bits per heavy atom. The van der Waals surface area contributed by atoms with Crippen molar-refractivity contribution in [3.63, 3.8) is 0 Å². The maximum atomic E-state index is 4.66. The lowest BCUT2D eigenvalue weighted by molar-refractivity contribution is 0.562. The molecule has 4 aliphatic heterocycles. The first-order chi connectivity index (χ1) is 54.6. The highest BCUT2D eigenvalue weighted by atomic mass is 14.9. The van der Waals surface area contributed by atoms with Crippen LogP contribution in [-0.4, -0.2) is 64.7 Å². The molecule has 11 heterocycles. The summed E-state index contributed by atoms with van der Waals surface area (Å²) in [7, 11) is 0. The molecule has 612 valence electrons. The minimum atomic E-state index is 0.102. The topological polar surface area (TPSA) is 153 Å². The first-order valence-corrected chi connectivity index (χ1v) is 42.2. The van der Waals surface area contributed by atoms with Crippen LogP contribution in [0.15, 0.2) is 166 Å². The van der Waals surface area contributed by atoms with Gasteiger partial charge in [-0.25, -0.2) is 0 Å². The van der Waals surface area contributed by atoms with Gasteiger partial charge in [0, 0.05) is 133 Å². The third-order valence-corrected chi connectivity index (χ3v) is 21.5. The second-order valence-corrected chi connectivity index (χ2v) is 41.0. The van der Waals surface area contributed by atoms with Crippen LogP contribution >= 0.6 is 0 Å². The third kappa shape index (κ3) is 24.7. The fourth-order valence-electron chi connectivity index (χ4n) is 13.5. The second-order valence-electron chi connectivity index (χ2n) is 41.0. The predicted octanol–water partition coefficient (Wildman–Crippen LogP) is 25.9. The van der Waals surface area contributed by atoms with Crippen molar-refractivity contribution in [3.8, 4) is 0 Å². The molecule has 117 heavy (non-hydrogen) atoms. The van der Waals surface area contributed by atoms with Gasteiger partial charge in [0.15, 0.2) is 0 Å². The molecule has 0 N–H and O–H groups in total. The fraction of sp³-hybridized carbons (Fsp3) is 0.429. The number of aromatic nitrogens is 8. The molecule has 0 atom stereocenters. The summed E-state index contributed by atoms with van der Waals surface area (Å²) < 4.78 is 0. The van der Waals surface area contributed by atoms with Crippen molar-refractivity contribution in [2.75, 3.05) is 0 Å². The number of aliphatic imine (C=N–C) groups is 4. The summed E-state index contributed by atoms with van der Waals surface area (Å²) in [5.41, 5.74) is 34.4. The molecule has 9 aliphatic rings. The number of hydrogen-bond acceptors (Lipinski definition) is 12. The number of benzene rings is 2. The van der Waals surface area contributed by atoms with Crippen LogP contribution in [0.2, 0.25) is 0 Å². The average molecular weight is 1560 g/mol. The molecule has 2 aromatic carbocycles. The summed E-state index contributed by atoms with van der Waals surface area (Å²) >= 11 is 0. The summed E-state index contributed by atoms with van der Waals surface area (Å²) in [6, 6.07) is 32.7. The molecule has 0 saturated heterocycles. The number of rotatable bonds is 0. The van der Waals surface area contributed by atoms with Gasteiger partial charge in [0.2, 0.25) is 0 Å². The Kier molecular flexibility index (Phi) is 27.7. The maximum absolute atomic E-state index is 4.66. The van der Waals surface area contributed by atoms with Gasteiger partial charge in [-0.15, -0.1) is 0 Å². The highest BCUT2D eigenvalue weighted by molar-refractivity contribution is 5.78. The lowest BCUT2D eigenvalue weighted by Crippen LogP contribution is -2.15. The summed E-state index contributed by atoms with van der Waals surface area (Å²) in [5.74, 6) is 0. The van der Waals surface area contributed by atoms with Crippen molar-refractivity contribution >= 4 is 78.0 Å². The minimum absolute atomic E-state index is 0.102. The first kappa shape index (κ1) is 89.2. The molecule has 12 heteroatoms. The molecule has 0 spiro atoms. The monoisotopic (exact) mass is 1560 g/mol. The van der Waals surface area contributed by atoms with E-state index in [2.05, 4.69) is 392 Å². The van der Waals surface area contributed by atoms with Crippen LogP contribution in [0.1, 0.15) is 316 Å². The molecular weight excluding hydrogens is 1430 g/mol. The Bertz CT molecular complexity index is 4590. The number of allylic oxidation sites excluding steroid dienone is 5. The Morgan fingerprint density at radius 2 is 0.615 bits per heavy atom. The zero-order valence-corrected chi connectivity index (χ0v) is 75.8. The predicted molar refractivity (Wildman–Crippen MR) is 500 cm³/mol. The van der Waals surface area contributed by atoms with Crippen molar-refractivity contribution in [1.82, 2.24) is 39.9 Å². The molecular formula is C105H132N12. The number of pyridine rings is 6. The van der Waals surface area contributed by atoms with Crippen LogP contribution in [0.3, 0.4) is 0 Å². The van der Waals surface area contributed by atoms with E-state index in [-0.39, 0.29) is 48.7 Å². The van der Waals surface area contributed by atoms with E-state index in [9.17, 15) is 0 Å². The van der Waals surface area contributed by atoms with E-state index in [0.717, 1.165) is 126 Å². The summed E-state index contributed by atoms with van der Waals surface area (Å²) in [6.07, 6.45) is 45.8. The van der Waals surface area contributed by atoms with Crippen LogP contribution < -0.4 is 0 Å². The van der Waals surface area contributed by atoms with Gasteiger partial charge in [0.1, 0.15) is 0 Å². The molecule has 12 nitrogen and oxygen atoms in total. The standard InChI is InChI=1S/6C12H15N.3C11H14N2/c1-12(2,3)10-4-5-11-9(8-10)6-7-13-11;1-12(2,3)10-5-4-9-6-7-13-11(9)8-10;2*1-12(2,3)10-7-9-5-4-6-11(9)13-8-10;2*1-12(2,3)11-8-7-9-5-4-6-10(9)13-11;1-11(2,3)8-6-10-9(13-7-8)4-5-12-10;1-11(2,3)10-5-4-8-9(13-10)6-7-12-8;1-11(2,3)10-7-12-8-5-4-6-9(8)13-10/h2*4-5,7-8H,6H2,1-3H3;4,6-8H,5H2,1-3H3;4-5,7-8H,6H2,1-3H3;4,6-8H,5H2,1-3H3;4-5,7-8H,6H2,1-3H3;5-7H,4H2,1-3H3;2*4-5,7H,6H2,1-3H3. The van der Waals surface area contributed by atoms with Crippen molar-refractivity contribution < 1.29 is 0 Å². The third-order valence-electron chi connectivity index (χ3n) is 21.5. The lowest BCUT2D eigenvalue weighted by atomic mass is 9.86. The van der Waals surface area contributed by atoms with Crippen LogP contribution in [-0.2, 0) is 107 Å². The lowest BCUT2D eigenvalue weighted by Gasteiger charge is -2.19. The van der Waals surface area contributed by atoms with Gasteiger partial charge in [-0.1, -0.05) is 272 Å². The largest absolute Gasteiger partial charge is 0.261 e. The Labute approximate surface area is 702 Å². The van der Waals surface area contributed by atoms with Gasteiger partial charge in [-0.2, -0.15) is 0 Å². The molecule has 9 aromatic rings. The minimum Gasteiger partial charge on any atom is -0.261 e. The van der Waals surface area contributed by atoms with E-state index in [1.165, 1.54) is 84.0 Å². The molecule has 0 radical (unpaired) electrons. The summed E-state index contributed by atoms with van der Waals surface area (Å²) in [4.78, 5) is 53.3. The van der Waals surface area contributed by atoms with E-state index < -0.39 is 0 Å². The zero-order valence-electron chi connectivity index (χ0n) is 75.8. The zero-order chi connectivity index (χ0) is 85.3. The molecule has 0 fully saturated rings. The van der Waals surface area contributed by atoms with Crippen molar-refractivity contribution in [3.05, 3.63) is 276 Å². The SMILES string of the molecule is CC(C)(C)c1ccc2c(c1)CC=N2.CC(C)(C)c1ccc2c(c1)N=CC2.CC(C)(C)c1ccc2c(n1)C=CC2.CC(C)(C)c1ccc2c(n1)CC=C2.CC(C)(C)c1ccc2c(n1)CC=N2.CC(C)(C)c1cnc2c(c1)C=CC2.CC(C)(C)c1cnc2c(c1)CC=C2.CC(C)(C)c1cnc2c(c1)N=CC2.CC(C)(C)c1cnc2c(n1)CC=C2. The normalized spacial score (nSPS) is 14.7. The van der Waals surface area contributed by atoms with Crippen LogP contribution in [0.4, 0.5) is 22.7 Å². The molecule has 0 unspecified atom stereocenters. The van der Waals surface area contributed by atoms with Gasteiger partial charge in [0.05, 0.1) is 74.0 Å². The molecule has 5 aliphatic carbocycles. The molecule has 0 bridgehead atoms. The summed E-state index contributed by atoms with van der Waals surface area (Å²) in [6.45, 7) is 59.5. The van der Waals surface area contributed by atoms with Crippen molar-refractivity contribution in [1.29, 1.82) is 0 Å². The van der Waals surface area contributed by atoms with Gasteiger partial charge in [0.25, 0.3) is 0 Å². The molecule has 0 amide bonds. The number of fused-ring (bicyclic) bond motifs is 9. The van der Waals surface area contributed by atoms with E-state index in [4.69, 9.17) is 0 Å². The quantitative estimate of drug-likeness (QED) is 0.145. The van der Waals surface area contributed by atoms with Gasteiger partial charge in [-0.05, 0) is 168 Å². The van der Waals surface area contributed by atoms with Crippen LogP contribution in [0, 0.1) is 0 Å². The van der Waals surface area contributed by atoms with Gasteiger partial charge in [-0.3, -0.25) is 59.8 Å². The fourth-order valence-corrected chi connectivity index (χ4v) is 13.5. The van der Waals surface area contributed by atoms with Crippen molar-refractivity contribution in [2.45, 2.75) is 293 Å². The highest BCUT2D eigenvalue weighted by Gasteiger charge is 2.26. The highest BCUT2D eigenvalue weighted by Crippen LogP contribution is 2.36. The Hall–Kier alpha value is -10.2. The Morgan fingerprint density at radius 3 is 1.26 bits per heavy atom. The van der Waals surface area contributed by atoms with Gasteiger partial charge < -0.3 is 0 Å².